The van der Waals surface area contributed by atoms with E-state index in [1.807, 2.05) is 12.1 Å². The van der Waals surface area contributed by atoms with Crippen LogP contribution in [0.3, 0.4) is 0 Å². The molecule has 4 nitrogen and oxygen atoms in total. The van der Waals surface area contributed by atoms with Crippen LogP contribution < -0.4 is 5.32 Å². The van der Waals surface area contributed by atoms with Crippen molar-refractivity contribution < 1.29 is 9.21 Å². The zero-order valence-corrected chi connectivity index (χ0v) is 10.9. The average molecular weight is 266 g/mol. The molecule has 2 aromatic rings. The summed E-state index contributed by atoms with van der Waals surface area (Å²) in [6.45, 7) is 0. The van der Waals surface area contributed by atoms with Crippen LogP contribution >= 0.6 is 0 Å². The number of carbonyl (C=O) groups is 1. The Morgan fingerprint density at radius 3 is 3.15 bits per heavy atom. The number of nitrogens with zero attached hydrogens (tertiary/aromatic N) is 1. The molecule has 4 heteroatoms. The highest BCUT2D eigenvalue weighted by Crippen LogP contribution is 2.30. The highest BCUT2D eigenvalue weighted by atomic mass is 16.3. The highest BCUT2D eigenvalue weighted by molar-refractivity contribution is 5.94. The maximum Gasteiger partial charge on any atom is 0.251 e. The molecule has 0 saturated heterocycles. The Hall–Kier alpha value is -2.54. The van der Waals surface area contributed by atoms with Gasteiger partial charge in [0.05, 0.1) is 23.9 Å². The first-order valence-corrected chi connectivity index (χ1v) is 6.65. The summed E-state index contributed by atoms with van der Waals surface area (Å²) in [5.74, 6) is 0.813. The summed E-state index contributed by atoms with van der Waals surface area (Å²) >= 11 is 0. The number of furan rings is 1. The molecule has 1 aromatic heterocycles. The lowest BCUT2D eigenvalue weighted by Gasteiger charge is -2.22. The van der Waals surface area contributed by atoms with Gasteiger partial charge in [0, 0.05) is 17.5 Å². The largest absolute Gasteiger partial charge is 0.469 e. The molecule has 1 aromatic carbocycles. The maximum absolute atomic E-state index is 12.3. The molecule has 0 bridgehead atoms. The SMILES string of the molecule is N#Cc1cccc(C(=O)N[C@@H]2CCCc3occc32)c1. The van der Waals surface area contributed by atoms with E-state index >= 15 is 0 Å². The van der Waals surface area contributed by atoms with Crippen molar-refractivity contribution in [3.05, 3.63) is 59.0 Å². The Morgan fingerprint density at radius 2 is 2.30 bits per heavy atom. The molecule has 0 unspecified atom stereocenters. The summed E-state index contributed by atoms with van der Waals surface area (Å²) < 4.78 is 5.42. The summed E-state index contributed by atoms with van der Waals surface area (Å²) in [7, 11) is 0. The van der Waals surface area contributed by atoms with E-state index in [0.29, 0.717) is 11.1 Å². The number of aryl methyl sites for hydroxylation is 1. The summed E-state index contributed by atoms with van der Waals surface area (Å²) in [6.07, 6.45) is 4.52. The molecule has 1 amide bonds. The lowest BCUT2D eigenvalue weighted by atomic mass is 9.93. The summed E-state index contributed by atoms with van der Waals surface area (Å²) in [4.78, 5) is 12.3. The number of amides is 1. The van der Waals surface area contributed by atoms with Crippen molar-refractivity contribution in [2.24, 2.45) is 0 Å². The number of benzene rings is 1. The number of hydrogen-bond acceptors (Lipinski definition) is 3. The van der Waals surface area contributed by atoms with Crippen molar-refractivity contribution in [1.82, 2.24) is 5.32 Å². The van der Waals surface area contributed by atoms with Gasteiger partial charge < -0.3 is 9.73 Å². The van der Waals surface area contributed by atoms with Crippen LogP contribution in [0.15, 0.2) is 41.0 Å². The van der Waals surface area contributed by atoms with Gasteiger partial charge in [-0.3, -0.25) is 4.79 Å². The minimum atomic E-state index is -0.152. The standard InChI is InChI=1S/C16H14N2O2/c17-10-11-3-1-4-12(9-11)16(19)18-14-5-2-6-15-13(14)7-8-20-15/h1,3-4,7-9,14H,2,5-6H2,(H,18,19)/t14-/m1/s1. The fraction of sp³-hybridized carbons (Fsp3) is 0.250. The first kappa shape index (κ1) is 12.5. The molecule has 1 aliphatic rings. The number of nitriles is 1. The quantitative estimate of drug-likeness (QED) is 0.908. The summed E-state index contributed by atoms with van der Waals surface area (Å²) in [5, 5.41) is 11.9. The predicted octanol–water partition coefficient (Wildman–Crippen LogP) is 2.96. The van der Waals surface area contributed by atoms with Gasteiger partial charge in [0.25, 0.3) is 5.91 Å². The number of carbonyl (C=O) groups excluding carboxylic acids is 1. The highest BCUT2D eigenvalue weighted by Gasteiger charge is 2.24. The first-order valence-electron chi connectivity index (χ1n) is 6.65. The fourth-order valence-electron chi connectivity index (χ4n) is 2.61. The second-order valence-corrected chi connectivity index (χ2v) is 4.91. The van der Waals surface area contributed by atoms with E-state index in [2.05, 4.69) is 5.32 Å². The molecule has 0 spiro atoms. The zero-order valence-electron chi connectivity index (χ0n) is 10.9. The zero-order chi connectivity index (χ0) is 13.9. The lowest BCUT2D eigenvalue weighted by molar-refractivity contribution is 0.0932. The monoisotopic (exact) mass is 266 g/mol. The molecule has 0 saturated carbocycles. The van der Waals surface area contributed by atoms with Crippen molar-refractivity contribution in [2.45, 2.75) is 25.3 Å². The Morgan fingerprint density at radius 1 is 1.40 bits per heavy atom. The van der Waals surface area contributed by atoms with E-state index in [1.54, 1.807) is 30.5 Å². The van der Waals surface area contributed by atoms with Gasteiger partial charge >= 0.3 is 0 Å². The predicted molar refractivity (Wildman–Crippen MR) is 73.0 cm³/mol. The second kappa shape index (κ2) is 5.22. The summed E-state index contributed by atoms with van der Waals surface area (Å²) in [6, 6.07) is 10.7. The topological polar surface area (TPSA) is 66.0 Å². The minimum absolute atomic E-state index is 0.00394. The molecular weight excluding hydrogens is 252 g/mol. The van der Waals surface area contributed by atoms with Crippen LogP contribution in [0.1, 0.15) is 46.1 Å². The van der Waals surface area contributed by atoms with Gasteiger partial charge in [-0.1, -0.05) is 6.07 Å². The van der Waals surface area contributed by atoms with Crippen molar-refractivity contribution in [1.29, 1.82) is 5.26 Å². The third-order valence-electron chi connectivity index (χ3n) is 3.61. The van der Waals surface area contributed by atoms with Gasteiger partial charge in [0.1, 0.15) is 5.76 Å². The molecule has 0 fully saturated rings. The Bertz CT molecular complexity index is 682. The molecule has 0 radical (unpaired) electrons. The van der Waals surface area contributed by atoms with Gasteiger partial charge in [-0.25, -0.2) is 0 Å². The number of nitrogens with one attached hydrogen (secondary N) is 1. The molecule has 20 heavy (non-hydrogen) atoms. The van der Waals surface area contributed by atoms with Gasteiger partial charge in [0.2, 0.25) is 0 Å². The Balaban J connectivity index is 1.79. The molecule has 100 valence electrons. The van der Waals surface area contributed by atoms with Crippen LogP contribution in [0.4, 0.5) is 0 Å². The second-order valence-electron chi connectivity index (χ2n) is 4.91. The number of hydrogen-bond donors (Lipinski definition) is 1. The van der Waals surface area contributed by atoms with Crippen molar-refractivity contribution in [3.8, 4) is 6.07 Å². The van der Waals surface area contributed by atoms with Crippen molar-refractivity contribution >= 4 is 5.91 Å². The molecule has 1 N–H and O–H groups in total. The van der Waals surface area contributed by atoms with Crippen LogP contribution in [0.25, 0.3) is 0 Å². The van der Waals surface area contributed by atoms with Gasteiger partial charge in [0.15, 0.2) is 0 Å². The molecule has 1 heterocycles. The first-order chi connectivity index (χ1) is 9.78. The normalized spacial score (nSPS) is 17.1. The Labute approximate surface area is 117 Å². The van der Waals surface area contributed by atoms with Crippen molar-refractivity contribution in [3.63, 3.8) is 0 Å². The lowest BCUT2D eigenvalue weighted by Crippen LogP contribution is -2.30. The van der Waals surface area contributed by atoms with Crippen molar-refractivity contribution in [2.75, 3.05) is 0 Å². The molecule has 1 atom stereocenters. The van der Waals surface area contributed by atoms with E-state index in [1.165, 1.54) is 0 Å². The van der Waals surface area contributed by atoms with E-state index in [9.17, 15) is 4.79 Å². The van der Waals surface area contributed by atoms with Gasteiger partial charge in [-0.05, 0) is 37.1 Å². The third kappa shape index (κ3) is 2.30. The molecule has 0 aliphatic heterocycles. The van der Waals surface area contributed by atoms with Crippen LogP contribution in [0, 0.1) is 11.3 Å². The van der Waals surface area contributed by atoms with Gasteiger partial charge in [-0.15, -0.1) is 0 Å². The Kier molecular flexibility index (Phi) is 3.26. The minimum Gasteiger partial charge on any atom is -0.469 e. The fourth-order valence-corrected chi connectivity index (χ4v) is 2.61. The third-order valence-corrected chi connectivity index (χ3v) is 3.61. The molecule has 1 aliphatic carbocycles. The maximum atomic E-state index is 12.3. The van der Waals surface area contributed by atoms with Crippen LogP contribution in [-0.4, -0.2) is 5.91 Å². The molecule has 3 rings (SSSR count). The number of fused-ring (bicyclic) bond motifs is 1. The van der Waals surface area contributed by atoms with E-state index in [-0.39, 0.29) is 11.9 Å². The van der Waals surface area contributed by atoms with Crippen LogP contribution in [-0.2, 0) is 6.42 Å². The smallest absolute Gasteiger partial charge is 0.251 e. The summed E-state index contributed by atoms with van der Waals surface area (Å²) in [5.41, 5.74) is 2.08. The molecular formula is C16H14N2O2. The number of rotatable bonds is 2. The van der Waals surface area contributed by atoms with E-state index < -0.39 is 0 Å². The van der Waals surface area contributed by atoms with E-state index in [0.717, 1.165) is 30.6 Å². The van der Waals surface area contributed by atoms with Crippen LogP contribution in [0.2, 0.25) is 0 Å². The van der Waals surface area contributed by atoms with Crippen LogP contribution in [0.5, 0.6) is 0 Å². The van der Waals surface area contributed by atoms with E-state index in [4.69, 9.17) is 9.68 Å². The average Bonchev–Trinajstić information content (AvgIpc) is 2.97. The van der Waals surface area contributed by atoms with Gasteiger partial charge in [-0.2, -0.15) is 5.26 Å².